The molecule has 0 bridgehead atoms. The van der Waals surface area contributed by atoms with Gasteiger partial charge in [0, 0.05) is 0 Å². The highest BCUT2D eigenvalue weighted by atomic mass is 79.9. The molecule has 0 aromatic carbocycles. The Labute approximate surface area is 122 Å². The molecule has 1 aliphatic rings. The number of carbonyl (C=O) groups is 1. The highest BCUT2D eigenvalue weighted by Gasteiger charge is 2.32. The molecule has 106 valence electrons. The van der Waals surface area contributed by atoms with Crippen molar-refractivity contribution in [2.45, 2.75) is 58.8 Å². The van der Waals surface area contributed by atoms with Gasteiger partial charge in [0.05, 0.1) is 24.8 Å². The van der Waals surface area contributed by atoms with Gasteiger partial charge in [-0.1, -0.05) is 6.92 Å². The molecular weight excluding hydrogens is 310 g/mol. The first-order valence-electron chi connectivity index (χ1n) is 6.52. The molecule has 6 heteroatoms. The Bertz CT molecular complexity index is 479. The molecule has 0 spiro atoms. The van der Waals surface area contributed by atoms with Gasteiger partial charge in [0.1, 0.15) is 10.2 Å². The second-order valence-electron chi connectivity index (χ2n) is 5.81. The van der Waals surface area contributed by atoms with E-state index in [1.165, 1.54) is 0 Å². The van der Waals surface area contributed by atoms with Crippen molar-refractivity contribution in [1.82, 2.24) is 14.7 Å². The molecule has 1 aromatic heterocycles. The molecule has 1 aliphatic heterocycles. The third-order valence-electron chi connectivity index (χ3n) is 3.09. The largest absolute Gasteiger partial charge is 0.444 e. The summed E-state index contributed by atoms with van der Waals surface area (Å²) < 4.78 is 8.24. The monoisotopic (exact) mass is 329 g/mol. The van der Waals surface area contributed by atoms with Crippen LogP contribution in [0.1, 0.15) is 39.8 Å². The quantitative estimate of drug-likeness (QED) is 0.795. The number of ether oxygens (including phenoxy) is 1. The highest BCUT2D eigenvalue weighted by Crippen LogP contribution is 2.24. The molecule has 1 unspecified atom stereocenters. The summed E-state index contributed by atoms with van der Waals surface area (Å²) in [6, 6.07) is 2.08. The predicted octanol–water partition coefficient (Wildman–Crippen LogP) is 3.17. The first kappa shape index (κ1) is 14.4. The van der Waals surface area contributed by atoms with Crippen LogP contribution in [-0.2, 0) is 17.8 Å². The Hall–Kier alpha value is -1.04. The smallest absolute Gasteiger partial charge is 0.410 e. The van der Waals surface area contributed by atoms with Crippen LogP contribution in [0.2, 0.25) is 0 Å². The summed E-state index contributed by atoms with van der Waals surface area (Å²) in [5.74, 6) is 0. The first-order chi connectivity index (χ1) is 8.80. The van der Waals surface area contributed by atoms with Crippen LogP contribution in [-0.4, -0.2) is 32.4 Å². The van der Waals surface area contributed by atoms with Gasteiger partial charge in [-0.05, 0) is 49.2 Å². The normalized spacial score (nSPS) is 19.2. The summed E-state index contributed by atoms with van der Waals surface area (Å²) in [5.41, 5.74) is 0.565. The maximum atomic E-state index is 12.3. The molecule has 1 aromatic rings. The molecule has 0 radical (unpaired) electrons. The summed E-state index contributed by atoms with van der Waals surface area (Å²) in [6.07, 6.45) is 0.638. The molecule has 0 fully saturated rings. The first-order valence-corrected chi connectivity index (χ1v) is 7.31. The highest BCUT2D eigenvalue weighted by molar-refractivity contribution is 9.10. The fourth-order valence-electron chi connectivity index (χ4n) is 2.19. The van der Waals surface area contributed by atoms with Crippen LogP contribution in [0.15, 0.2) is 10.7 Å². The van der Waals surface area contributed by atoms with Gasteiger partial charge in [-0.25, -0.2) is 4.79 Å². The number of carbonyl (C=O) groups excluding carboxylic acids is 1. The van der Waals surface area contributed by atoms with Crippen LogP contribution in [0.5, 0.6) is 0 Å². The summed E-state index contributed by atoms with van der Waals surface area (Å²) in [4.78, 5) is 14.1. The van der Waals surface area contributed by atoms with E-state index in [-0.39, 0.29) is 12.1 Å². The van der Waals surface area contributed by atoms with Gasteiger partial charge < -0.3 is 4.74 Å². The van der Waals surface area contributed by atoms with E-state index >= 15 is 0 Å². The number of rotatable bonds is 1. The standard InChI is InChI=1S/C13H20BrN3O2/c1-5-9-8-17-10(6-11(14)15-17)7-16(9)12(18)19-13(2,3)4/h6,9H,5,7-8H2,1-4H3. The lowest BCUT2D eigenvalue weighted by Crippen LogP contribution is -2.48. The third-order valence-corrected chi connectivity index (χ3v) is 3.48. The molecule has 1 atom stereocenters. The van der Waals surface area contributed by atoms with Crippen LogP contribution in [0.3, 0.4) is 0 Å². The van der Waals surface area contributed by atoms with Crippen molar-refractivity contribution >= 4 is 22.0 Å². The van der Waals surface area contributed by atoms with Crippen molar-refractivity contribution < 1.29 is 9.53 Å². The second kappa shape index (κ2) is 5.15. The van der Waals surface area contributed by atoms with Gasteiger partial charge in [-0.2, -0.15) is 5.10 Å². The van der Waals surface area contributed by atoms with Crippen LogP contribution in [0.4, 0.5) is 4.79 Å². The Morgan fingerprint density at radius 3 is 2.84 bits per heavy atom. The van der Waals surface area contributed by atoms with Crippen LogP contribution >= 0.6 is 15.9 Å². The van der Waals surface area contributed by atoms with Gasteiger partial charge in [0.15, 0.2) is 0 Å². The number of nitrogens with zero attached hydrogens (tertiary/aromatic N) is 3. The molecule has 2 heterocycles. The number of hydrogen-bond acceptors (Lipinski definition) is 3. The van der Waals surface area contributed by atoms with E-state index < -0.39 is 5.60 Å². The zero-order valence-corrected chi connectivity index (χ0v) is 13.4. The van der Waals surface area contributed by atoms with Crippen molar-refractivity contribution in [3.8, 4) is 0 Å². The molecule has 19 heavy (non-hydrogen) atoms. The fraction of sp³-hybridized carbons (Fsp3) is 0.692. The van der Waals surface area contributed by atoms with Crippen LogP contribution in [0.25, 0.3) is 0 Å². The third kappa shape index (κ3) is 3.29. The Balaban J connectivity index is 2.18. The van der Waals surface area contributed by atoms with Gasteiger partial charge in [-0.3, -0.25) is 9.58 Å². The number of halogens is 1. The zero-order valence-electron chi connectivity index (χ0n) is 11.8. The van der Waals surface area contributed by atoms with E-state index in [0.29, 0.717) is 6.54 Å². The lowest BCUT2D eigenvalue weighted by Gasteiger charge is -2.36. The topological polar surface area (TPSA) is 47.4 Å². The maximum Gasteiger partial charge on any atom is 0.410 e. The van der Waals surface area contributed by atoms with E-state index in [1.807, 2.05) is 31.5 Å². The number of fused-ring (bicyclic) bond motifs is 1. The Kier molecular flexibility index (Phi) is 3.90. The van der Waals surface area contributed by atoms with E-state index in [0.717, 1.165) is 23.3 Å². The molecular formula is C13H20BrN3O2. The maximum absolute atomic E-state index is 12.3. The number of hydrogen-bond donors (Lipinski definition) is 0. The van der Waals surface area contributed by atoms with Crippen molar-refractivity contribution in [3.05, 3.63) is 16.4 Å². The van der Waals surface area contributed by atoms with Gasteiger partial charge >= 0.3 is 6.09 Å². The molecule has 2 rings (SSSR count). The van der Waals surface area contributed by atoms with Crippen molar-refractivity contribution in [2.24, 2.45) is 0 Å². The SMILES string of the molecule is CCC1Cn2nc(Br)cc2CN1C(=O)OC(C)(C)C. The minimum Gasteiger partial charge on any atom is -0.444 e. The lowest BCUT2D eigenvalue weighted by atomic mass is 10.1. The van der Waals surface area contributed by atoms with E-state index in [1.54, 1.807) is 4.90 Å². The molecule has 5 nitrogen and oxygen atoms in total. The molecule has 0 saturated heterocycles. The predicted molar refractivity (Wildman–Crippen MR) is 75.8 cm³/mol. The summed E-state index contributed by atoms with van der Waals surface area (Å²) in [5, 5.41) is 4.37. The number of aromatic nitrogens is 2. The summed E-state index contributed by atoms with van der Waals surface area (Å²) in [6.45, 7) is 9.00. The average molecular weight is 330 g/mol. The van der Waals surface area contributed by atoms with E-state index in [4.69, 9.17) is 4.74 Å². The zero-order chi connectivity index (χ0) is 14.2. The van der Waals surface area contributed by atoms with Crippen molar-refractivity contribution in [1.29, 1.82) is 0 Å². The van der Waals surface area contributed by atoms with E-state index in [2.05, 4.69) is 28.0 Å². The van der Waals surface area contributed by atoms with Crippen LogP contribution < -0.4 is 0 Å². The minimum atomic E-state index is -0.465. The van der Waals surface area contributed by atoms with Gasteiger partial charge in [0.25, 0.3) is 0 Å². The minimum absolute atomic E-state index is 0.133. The van der Waals surface area contributed by atoms with Crippen molar-refractivity contribution in [2.75, 3.05) is 0 Å². The van der Waals surface area contributed by atoms with Gasteiger partial charge in [-0.15, -0.1) is 0 Å². The molecule has 0 aliphatic carbocycles. The second-order valence-corrected chi connectivity index (χ2v) is 6.62. The molecule has 1 amide bonds. The Morgan fingerprint density at radius 2 is 2.26 bits per heavy atom. The Morgan fingerprint density at radius 1 is 1.58 bits per heavy atom. The van der Waals surface area contributed by atoms with Crippen molar-refractivity contribution in [3.63, 3.8) is 0 Å². The van der Waals surface area contributed by atoms with E-state index in [9.17, 15) is 4.79 Å². The van der Waals surface area contributed by atoms with Gasteiger partial charge in [0.2, 0.25) is 0 Å². The molecule has 0 N–H and O–H groups in total. The molecule has 0 saturated carbocycles. The van der Waals surface area contributed by atoms with Crippen LogP contribution in [0, 0.1) is 0 Å². The summed E-state index contributed by atoms with van der Waals surface area (Å²) in [7, 11) is 0. The lowest BCUT2D eigenvalue weighted by molar-refractivity contribution is 0.00622. The number of amides is 1. The fourth-order valence-corrected chi connectivity index (χ4v) is 2.65. The summed E-state index contributed by atoms with van der Waals surface area (Å²) >= 11 is 3.37. The average Bonchev–Trinajstić information content (AvgIpc) is 2.63.